The lowest BCUT2D eigenvalue weighted by molar-refractivity contribution is -0.136. The zero-order valence-corrected chi connectivity index (χ0v) is 17.9. The van der Waals surface area contributed by atoms with Crippen LogP contribution in [-0.2, 0) is 16.0 Å². The van der Waals surface area contributed by atoms with Gasteiger partial charge in [-0.15, -0.1) is 0 Å². The second kappa shape index (κ2) is 10.9. The molecule has 0 bridgehead atoms. The number of nitrogens with zero attached hydrogens (tertiary/aromatic N) is 1. The van der Waals surface area contributed by atoms with E-state index in [2.05, 4.69) is 15.8 Å². The van der Waals surface area contributed by atoms with Crippen LogP contribution in [0.4, 0.5) is 5.69 Å². The minimum absolute atomic E-state index is 0.347. The first-order valence-corrected chi connectivity index (χ1v) is 10.1. The molecule has 0 spiro atoms. The molecule has 0 aliphatic carbocycles. The van der Waals surface area contributed by atoms with E-state index in [1.165, 1.54) is 6.21 Å². The number of carbonyl (C=O) groups excluding carboxylic acids is 3. The first-order chi connectivity index (χ1) is 15.4. The van der Waals surface area contributed by atoms with E-state index < -0.39 is 17.8 Å². The monoisotopic (exact) mass is 449 g/mol. The van der Waals surface area contributed by atoms with Gasteiger partial charge in [-0.1, -0.05) is 30.7 Å². The van der Waals surface area contributed by atoms with Crippen molar-refractivity contribution in [2.45, 2.75) is 13.3 Å². The van der Waals surface area contributed by atoms with Crippen LogP contribution in [0.25, 0.3) is 0 Å². The van der Waals surface area contributed by atoms with E-state index in [-0.39, 0.29) is 0 Å². The molecule has 3 rings (SSSR count). The van der Waals surface area contributed by atoms with Gasteiger partial charge in [-0.2, -0.15) is 5.10 Å². The fourth-order valence-corrected chi connectivity index (χ4v) is 2.73. The van der Waals surface area contributed by atoms with Gasteiger partial charge in [-0.25, -0.2) is 10.2 Å². The summed E-state index contributed by atoms with van der Waals surface area (Å²) in [5, 5.41) is 6.80. The fourth-order valence-electron chi connectivity index (χ4n) is 2.60. The van der Waals surface area contributed by atoms with Crippen molar-refractivity contribution in [3.8, 4) is 5.75 Å². The van der Waals surface area contributed by atoms with Gasteiger partial charge in [0.25, 0.3) is 0 Å². The quantitative estimate of drug-likeness (QED) is 0.194. The van der Waals surface area contributed by atoms with Gasteiger partial charge < -0.3 is 10.1 Å². The summed E-state index contributed by atoms with van der Waals surface area (Å²) in [5.74, 6) is -1.88. The Kier molecular flexibility index (Phi) is 7.72. The van der Waals surface area contributed by atoms with Gasteiger partial charge in [0, 0.05) is 10.7 Å². The topological polar surface area (TPSA) is 96.9 Å². The highest BCUT2D eigenvalue weighted by Gasteiger charge is 2.13. The number of ether oxygens (including phenoxy) is 1. The maximum atomic E-state index is 12.1. The van der Waals surface area contributed by atoms with Gasteiger partial charge in [0.1, 0.15) is 5.75 Å². The van der Waals surface area contributed by atoms with Crippen molar-refractivity contribution in [1.82, 2.24) is 5.43 Å². The standard InChI is InChI=1S/C24H20ClN3O4/c1-2-16-3-11-20(12-4-16)27-22(29)23(30)28-26-15-17-5-13-21(14-6-17)32-24(31)18-7-9-19(25)10-8-18/h3-15H,2H2,1H3,(H,27,29)(H,28,30)/b26-15-. The maximum absolute atomic E-state index is 12.1. The van der Waals surface area contributed by atoms with Crippen molar-refractivity contribution in [2.75, 3.05) is 5.32 Å². The summed E-state index contributed by atoms with van der Waals surface area (Å²) in [7, 11) is 0. The molecule has 0 aliphatic heterocycles. The number of nitrogens with one attached hydrogen (secondary N) is 2. The normalized spacial score (nSPS) is 10.6. The molecule has 0 radical (unpaired) electrons. The number of halogens is 1. The molecule has 8 heteroatoms. The third kappa shape index (κ3) is 6.52. The summed E-state index contributed by atoms with van der Waals surface area (Å²) in [4.78, 5) is 35.9. The minimum Gasteiger partial charge on any atom is -0.423 e. The van der Waals surface area contributed by atoms with Gasteiger partial charge in [0.05, 0.1) is 11.8 Å². The van der Waals surface area contributed by atoms with Crippen LogP contribution in [0.2, 0.25) is 5.02 Å². The summed E-state index contributed by atoms with van der Waals surface area (Å²) in [6, 6.07) is 20.0. The number of aryl methyl sites for hydroxylation is 1. The van der Waals surface area contributed by atoms with Gasteiger partial charge >= 0.3 is 17.8 Å². The molecule has 0 fully saturated rings. The Morgan fingerprint density at radius 2 is 1.56 bits per heavy atom. The predicted molar refractivity (Wildman–Crippen MR) is 123 cm³/mol. The highest BCUT2D eigenvalue weighted by Crippen LogP contribution is 2.15. The van der Waals surface area contributed by atoms with Crippen molar-refractivity contribution in [3.05, 3.63) is 94.5 Å². The van der Waals surface area contributed by atoms with Crippen LogP contribution >= 0.6 is 11.6 Å². The smallest absolute Gasteiger partial charge is 0.343 e. The zero-order chi connectivity index (χ0) is 22.9. The Bertz CT molecular complexity index is 1130. The van der Waals surface area contributed by atoms with Gasteiger partial charge in [-0.3, -0.25) is 9.59 Å². The number of benzene rings is 3. The Morgan fingerprint density at radius 1 is 0.906 bits per heavy atom. The third-order valence-corrected chi connectivity index (χ3v) is 4.63. The number of esters is 1. The zero-order valence-electron chi connectivity index (χ0n) is 17.2. The fraction of sp³-hybridized carbons (Fsp3) is 0.0833. The third-order valence-electron chi connectivity index (χ3n) is 4.38. The molecule has 0 aromatic heterocycles. The van der Waals surface area contributed by atoms with E-state index in [9.17, 15) is 14.4 Å². The lowest BCUT2D eigenvalue weighted by Crippen LogP contribution is -2.32. The Labute approximate surface area is 190 Å². The number of hydrogen-bond acceptors (Lipinski definition) is 5. The van der Waals surface area contributed by atoms with Crippen LogP contribution in [0.3, 0.4) is 0 Å². The van der Waals surface area contributed by atoms with Crippen molar-refractivity contribution >= 4 is 41.3 Å². The average Bonchev–Trinajstić information content (AvgIpc) is 2.81. The van der Waals surface area contributed by atoms with Gasteiger partial charge in [0.15, 0.2) is 0 Å². The van der Waals surface area contributed by atoms with E-state index in [1.807, 2.05) is 19.1 Å². The Hall–Kier alpha value is -3.97. The SMILES string of the molecule is CCc1ccc(NC(=O)C(=O)N/N=C\c2ccc(OC(=O)c3ccc(Cl)cc3)cc2)cc1. The molecule has 7 nitrogen and oxygen atoms in total. The van der Waals surface area contributed by atoms with Crippen LogP contribution in [-0.4, -0.2) is 24.0 Å². The lowest BCUT2D eigenvalue weighted by atomic mass is 10.1. The second-order valence-electron chi connectivity index (χ2n) is 6.67. The number of amides is 2. The highest BCUT2D eigenvalue weighted by atomic mass is 35.5. The van der Waals surface area contributed by atoms with Crippen LogP contribution in [0, 0.1) is 0 Å². The molecule has 0 heterocycles. The Balaban J connectivity index is 1.49. The van der Waals surface area contributed by atoms with Crippen molar-refractivity contribution < 1.29 is 19.1 Å². The molecular formula is C24H20ClN3O4. The highest BCUT2D eigenvalue weighted by molar-refractivity contribution is 6.39. The molecule has 162 valence electrons. The molecule has 0 saturated heterocycles. The number of hydrogen-bond donors (Lipinski definition) is 2. The summed E-state index contributed by atoms with van der Waals surface area (Å²) >= 11 is 5.81. The van der Waals surface area contributed by atoms with Crippen LogP contribution in [0.1, 0.15) is 28.4 Å². The first kappa shape index (κ1) is 22.7. The van der Waals surface area contributed by atoms with E-state index in [0.29, 0.717) is 27.6 Å². The number of carbonyl (C=O) groups is 3. The molecule has 0 unspecified atom stereocenters. The van der Waals surface area contributed by atoms with Gasteiger partial charge in [0.2, 0.25) is 0 Å². The molecule has 0 saturated carbocycles. The van der Waals surface area contributed by atoms with Gasteiger partial charge in [-0.05, 0) is 78.2 Å². The molecule has 0 atom stereocenters. The molecular weight excluding hydrogens is 430 g/mol. The molecule has 2 N–H and O–H groups in total. The summed E-state index contributed by atoms with van der Waals surface area (Å²) in [5.41, 5.74) is 4.83. The van der Waals surface area contributed by atoms with Crippen LogP contribution in [0.5, 0.6) is 5.75 Å². The lowest BCUT2D eigenvalue weighted by Gasteiger charge is -2.05. The second-order valence-corrected chi connectivity index (χ2v) is 7.11. The largest absolute Gasteiger partial charge is 0.423 e. The van der Waals surface area contributed by atoms with E-state index in [1.54, 1.807) is 60.7 Å². The van der Waals surface area contributed by atoms with Crippen molar-refractivity contribution in [1.29, 1.82) is 0 Å². The summed E-state index contributed by atoms with van der Waals surface area (Å²) in [6.45, 7) is 2.03. The van der Waals surface area contributed by atoms with Crippen LogP contribution < -0.4 is 15.5 Å². The van der Waals surface area contributed by atoms with Crippen LogP contribution in [0.15, 0.2) is 77.9 Å². The molecule has 2 amide bonds. The Morgan fingerprint density at radius 3 is 2.19 bits per heavy atom. The molecule has 32 heavy (non-hydrogen) atoms. The van der Waals surface area contributed by atoms with Crippen molar-refractivity contribution in [3.63, 3.8) is 0 Å². The number of anilines is 1. The van der Waals surface area contributed by atoms with E-state index in [4.69, 9.17) is 16.3 Å². The maximum Gasteiger partial charge on any atom is 0.343 e. The van der Waals surface area contributed by atoms with Crippen molar-refractivity contribution in [2.24, 2.45) is 5.10 Å². The van der Waals surface area contributed by atoms with E-state index in [0.717, 1.165) is 12.0 Å². The molecule has 0 aliphatic rings. The number of hydrazone groups is 1. The average molecular weight is 450 g/mol. The molecule has 3 aromatic carbocycles. The first-order valence-electron chi connectivity index (χ1n) is 9.75. The summed E-state index contributed by atoms with van der Waals surface area (Å²) < 4.78 is 5.29. The minimum atomic E-state index is -0.894. The summed E-state index contributed by atoms with van der Waals surface area (Å²) in [6.07, 6.45) is 2.25. The molecule has 3 aromatic rings. The number of rotatable bonds is 6. The predicted octanol–water partition coefficient (Wildman–Crippen LogP) is 4.21. The van der Waals surface area contributed by atoms with E-state index >= 15 is 0 Å².